The molecule has 3 heterocycles. The Morgan fingerprint density at radius 3 is 2.54 bits per heavy atom. The molecule has 0 bridgehead atoms. The van der Waals surface area contributed by atoms with Crippen molar-refractivity contribution in [1.82, 2.24) is 19.9 Å². The average molecular weight is 507 g/mol. The Morgan fingerprint density at radius 1 is 1.17 bits per heavy atom. The van der Waals surface area contributed by atoms with E-state index in [1.807, 2.05) is 13.0 Å². The van der Waals surface area contributed by atoms with Crippen molar-refractivity contribution in [3.8, 4) is 10.4 Å². The van der Waals surface area contributed by atoms with Gasteiger partial charge in [-0.3, -0.25) is 4.79 Å². The van der Waals surface area contributed by atoms with Crippen LogP contribution in [0.2, 0.25) is 0 Å². The molecule has 3 N–H and O–H groups in total. The summed E-state index contributed by atoms with van der Waals surface area (Å²) in [5.74, 6) is -1.87. The monoisotopic (exact) mass is 507 g/mol. The number of aromatic nitrogens is 3. The minimum atomic E-state index is -4.59. The number of amides is 1. The fourth-order valence-corrected chi connectivity index (χ4v) is 4.51. The van der Waals surface area contributed by atoms with Crippen LogP contribution < -0.4 is 5.32 Å². The van der Waals surface area contributed by atoms with Crippen molar-refractivity contribution in [2.75, 3.05) is 18.4 Å². The van der Waals surface area contributed by atoms with E-state index in [0.717, 1.165) is 29.2 Å². The molecule has 0 atom stereocenters. The number of nitrogens with zero attached hydrogens (tertiary/aromatic N) is 4. The van der Waals surface area contributed by atoms with Crippen molar-refractivity contribution < 1.29 is 33.0 Å². The van der Waals surface area contributed by atoms with Crippen molar-refractivity contribution >= 4 is 34.8 Å². The number of carbonyl (C=O) groups is 2. The first-order chi connectivity index (χ1) is 16.4. The van der Waals surface area contributed by atoms with Gasteiger partial charge in [0.25, 0.3) is 5.91 Å². The molecule has 2 aromatic heterocycles. The maximum absolute atomic E-state index is 12.9. The Bertz CT molecular complexity index is 1270. The van der Waals surface area contributed by atoms with E-state index in [1.54, 1.807) is 12.1 Å². The molecule has 13 heteroatoms. The fraction of sp³-hybridized carbons (Fsp3) is 0.318. The van der Waals surface area contributed by atoms with Crippen LogP contribution in [0.1, 0.15) is 33.9 Å². The van der Waals surface area contributed by atoms with Gasteiger partial charge in [-0.05, 0) is 36.2 Å². The minimum absolute atomic E-state index is 0.0726. The lowest BCUT2D eigenvalue weighted by Gasteiger charge is -2.34. The van der Waals surface area contributed by atoms with E-state index < -0.39 is 23.4 Å². The molecule has 3 aromatic rings. The van der Waals surface area contributed by atoms with E-state index in [0.29, 0.717) is 16.1 Å². The highest BCUT2D eigenvalue weighted by Gasteiger charge is 2.41. The first kappa shape index (κ1) is 24.5. The summed E-state index contributed by atoms with van der Waals surface area (Å²) in [4.78, 5) is 37.7. The number of benzene rings is 1. The molecule has 0 radical (unpaired) electrons. The van der Waals surface area contributed by atoms with Crippen LogP contribution in [0.25, 0.3) is 10.4 Å². The quantitative estimate of drug-likeness (QED) is 0.477. The lowest BCUT2D eigenvalue weighted by atomic mass is 9.91. The second-order valence-electron chi connectivity index (χ2n) is 8.13. The first-order valence-corrected chi connectivity index (χ1v) is 11.3. The van der Waals surface area contributed by atoms with Crippen LogP contribution in [-0.4, -0.2) is 60.6 Å². The van der Waals surface area contributed by atoms with Gasteiger partial charge in [0.2, 0.25) is 5.95 Å². The van der Waals surface area contributed by atoms with Gasteiger partial charge in [-0.25, -0.2) is 19.7 Å². The third-order valence-corrected chi connectivity index (χ3v) is 6.56. The molecule has 184 valence electrons. The number of anilines is 2. The molecule has 1 aliphatic rings. The molecule has 1 fully saturated rings. The summed E-state index contributed by atoms with van der Waals surface area (Å²) in [6.45, 7) is 1.99. The maximum atomic E-state index is 12.9. The maximum Gasteiger partial charge on any atom is 0.433 e. The lowest BCUT2D eigenvalue weighted by Crippen LogP contribution is -2.50. The number of hydrogen-bond acceptors (Lipinski definition) is 8. The van der Waals surface area contributed by atoms with Crippen LogP contribution in [0.3, 0.4) is 0 Å². The number of alkyl halides is 3. The van der Waals surface area contributed by atoms with E-state index in [-0.39, 0.29) is 42.8 Å². The van der Waals surface area contributed by atoms with Gasteiger partial charge < -0.3 is 20.4 Å². The summed E-state index contributed by atoms with van der Waals surface area (Å²) in [7, 11) is 0. The van der Waals surface area contributed by atoms with Gasteiger partial charge in [-0.1, -0.05) is 6.07 Å². The van der Waals surface area contributed by atoms with Crippen LogP contribution in [0, 0.1) is 6.92 Å². The topological polar surface area (TPSA) is 129 Å². The van der Waals surface area contributed by atoms with E-state index in [4.69, 9.17) is 5.11 Å². The van der Waals surface area contributed by atoms with Crippen molar-refractivity contribution in [3.63, 3.8) is 0 Å². The van der Waals surface area contributed by atoms with Gasteiger partial charge in [0.1, 0.15) is 5.69 Å². The molecule has 4 rings (SSSR count). The number of carboxylic acids is 1. The Hall–Kier alpha value is -3.58. The molecule has 1 saturated heterocycles. The van der Waals surface area contributed by atoms with Crippen LogP contribution in [0.4, 0.5) is 24.8 Å². The number of nitrogens with one attached hydrogen (secondary N) is 1. The number of piperidine rings is 1. The van der Waals surface area contributed by atoms with Crippen LogP contribution in [0.5, 0.6) is 0 Å². The Kier molecular flexibility index (Phi) is 6.47. The predicted molar refractivity (Wildman–Crippen MR) is 120 cm³/mol. The molecule has 9 nitrogen and oxygen atoms in total. The predicted octanol–water partition coefficient (Wildman–Crippen LogP) is 3.72. The zero-order chi connectivity index (χ0) is 25.4. The number of halogens is 3. The van der Waals surface area contributed by atoms with Gasteiger partial charge in [-0.2, -0.15) is 13.2 Å². The van der Waals surface area contributed by atoms with Crippen LogP contribution in [0.15, 0.2) is 36.7 Å². The number of carboxylic acid groups (broad SMARTS) is 1. The van der Waals surface area contributed by atoms with Gasteiger partial charge in [0.05, 0.1) is 4.88 Å². The van der Waals surface area contributed by atoms with Gasteiger partial charge in [0.15, 0.2) is 10.6 Å². The summed E-state index contributed by atoms with van der Waals surface area (Å²) in [6, 6.07) is 6.03. The summed E-state index contributed by atoms with van der Waals surface area (Å²) in [5.41, 5.74) is -0.936. The lowest BCUT2D eigenvalue weighted by molar-refractivity contribution is -0.162. The molecule has 1 aliphatic heterocycles. The van der Waals surface area contributed by atoms with Gasteiger partial charge >= 0.3 is 12.1 Å². The van der Waals surface area contributed by atoms with Crippen molar-refractivity contribution in [3.05, 3.63) is 52.9 Å². The zero-order valence-corrected chi connectivity index (χ0v) is 19.2. The highest BCUT2D eigenvalue weighted by Crippen LogP contribution is 2.32. The summed E-state index contributed by atoms with van der Waals surface area (Å²) in [5, 5.41) is 22.2. The number of carbonyl (C=O) groups excluding carboxylic acids is 1. The van der Waals surface area contributed by atoms with E-state index in [1.165, 1.54) is 11.1 Å². The SMILES string of the molecule is Cc1cc(Nc2nccc(C(F)(F)F)n2)cc(-c2cnc(C(=O)N3CCC(O)(C(=O)O)CC3)s2)c1. The summed E-state index contributed by atoms with van der Waals surface area (Å²) >= 11 is 1.13. The second kappa shape index (κ2) is 9.23. The Labute approximate surface area is 201 Å². The fourth-order valence-electron chi connectivity index (χ4n) is 3.64. The van der Waals surface area contributed by atoms with Crippen LogP contribution in [-0.2, 0) is 11.0 Å². The number of aliphatic carboxylic acids is 1. The van der Waals surface area contributed by atoms with Crippen LogP contribution >= 0.6 is 11.3 Å². The molecule has 1 aromatic carbocycles. The van der Waals surface area contributed by atoms with Crippen molar-refractivity contribution in [1.29, 1.82) is 0 Å². The highest BCUT2D eigenvalue weighted by molar-refractivity contribution is 7.17. The van der Waals surface area contributed by atoms with Gasteiger partial charge in [0, 0.05) is 44.0 Å². The standard InChI is InChI=1S/C22H20F3N5O4S/c1-12-8-13(10-14(9-12)28-20-26-5-2-16(29-20)22(23,24)25)15-11-27-17(35-15)18(31)30-6-3-21(34,4-7-30)19(32)33/h2,5,8-11,34H,3-4,6-7H2,1H3,(H,32,33)(H,26,28,29). The molecular formula is C22H20F3N5O4S. The van der Waals surface area contributed by atoms with Gasteiger partial charge in [-0.15, -0.1) is 11.3 Å². The smallest absolute Gasteiger partial charge is 0.433 e. The summed E-state index contributed by atoms with van der Waals surface area (Å²) in [6.07, 6.45) is -2.19. The normalized spacial score (nSPS) is 15.6. The minimum Gasteiger partial charge on any atom is -0.479 e. The largest absolute Gasteiger partial charge is 0.479 e. The van der Waals surface area contributed by atoms with Crippen molar-refractivity contribution in [2.45, 2.75) is 31.5 Å². The van der Waals surface area contributed by atoms with Crippen molar-refractivity contribution in [2.24, 2.45) is 0 Å². The summed E-state index contributed by atoms with van der Waals surface area (Å²) < 4.78 is 38.8. The average Bonchev–Trinajstić information content (AvgIpc) is 3.29. The molecule has 0 aliphatic carbocycles. The third-order valence-electron chi connectivity index (χ3n) is 5.53. The number of aryl methyl sites for hydroxylation is 1. The van der Waals surface area contributed by atoms with E-state index >= 15 is 0 Å². The third kappa shape index (κ3) is 5.41. The molecule has 35 heavy (non-hydrogen) atoms. The second-order valence-corrected chi connectivity index (χ2v) is 9.17. The molecule has 0 saturated carbocycles. The van der Waals surface area contributed by atoms with E-state index in [2.05, 4.69) is 20.3 Å². The highest BCUT2D eigenvalue weighted by atomic mass is 32.1. The number of rotatable bonds is 5. The zero-order valence-electron chi connectivity index (χ0n) is 18.3. The number of hydrogen-bond donors (Lipinski definition) is 3. The van der Waals surface area contributed by atoms with E-state index in [9.17, 15) is 27.9 Å². The Balaban J connectivity index is 1.51. The molecule has 1 amide bonds. The molecule has 0 unspecified atom stereocenters. The Morgan fingerprint density at radius 2 is 1.89 bits per heavy atom. The number of likely N-dealkylation sites (tertiary alicyclic amines) is 1. The molecule has 0 spiro atoms. The number of aliphatic hydroxyl groups is 1. The number of thiazole rings is 1. The first-order valence-electron chi connectivity index (χ1n) is 10.4. The molecular weight excluding hydrogens is 487 g/mol.